The Morgan fingerprint density at radius 3 is 2.55 bits per heavy atom. The van der Waals surface area contributed by atoms with E-state index in [1.165, 1.54) is 11.1 Å². The van der Waals surface area contributed by atoms with E-state index in [0.29, 0.717) is 24.6 Å². The van der Waals surface area contributed by atoms with Gasteiger partial charge in [0.2, 0.25) is 0 Å². The summed E-state index contributed by atoms with van der Waals surface area (Å²) in [7, 11) is 1.73. The van der Waals surface area contributed by atoms with Crippen LogP contribution in [0.3, 0.4) is 0 Å². The predicted molar refractivity (Wildman–Crippen MR) is 113 cm³/mol. The molecule has 1 aliphatic heterocycles. The molecule has 2 heterocycles. The number of halogens is 1. The van der Waals surface area contributed by atoms with Crippen LogP contribution >= 0.6 is 0 Å². The van der Waals surface area contributed by atoms with Crippen molar-refractivity contribution >= 4 is 16.7 Å². The number of para-hydroxylation sites is 1. The van der Waals surface area contributed by atoms with Gasteiger partial charge in [0.25, 0.3) is 0 Å². The molecule has 1 saturated carbocycles. The molecule has 5 heteroatoms. The van der Waals surface area contributed by atoms with Crippen LogP contribution in [-0.4, -0.2) is 30.2 Å². The van der Waals surface area contributed by atoms with Crippen LogP contribution in [0.2, 0.25) is 0 Å². The number of benzene rings is 2. The zero-order valence-electron chi connectivity index (χ0n) is 17.0. The van der Waals surface area contributed by atoms with E-state index in [0.717, 1.165) is 48.4 Å². The lowest BCUT2D eigenvalue weighted by Gasteiger charge is -2.34. The number of nitrogens with zero attached hydrogens (tertiary/aromatic N) is 3. The molecule has 0 radical (unpaired) electrons. The van der Waals surface area contributed by atoms with E-state index < -0.39 is 5.67 Å². The van der Waals surface area contributed by atoms with Gasteiger partial charge in [-0.05, 0) is 62.3 Å². The maximum Gasteiger partial charge on any atom is 0.170 e. The summed E-state index contributed by atoms with van der Waals surface area (Å²) >= 11 is 0. The fourth-order valence-electron chi connectivity index (χ4n) is 4.41. The van der Waals surface area contributed by atoms with Gasteiger partial charge in [-0.3, -0.25) is 0 Å². The van der Waals surface area contributed by atoms with Crippen LogP contribution in [0.25, 0.3) is 10.9 Å². The number of anilines is 1. The van der Waals surface area contributed by atoms with Crippen molar-refractivity contribution in [3.8, 4) is 5.75 Å². The zero-order valence-corrected chi connectivity index (χ0v) is 17.0. The van der Waals surface area contributed by atoms with Crippen molar-refractivity contribution in [1.82, 2.24) is 9.97 Å². The van der Waals surface area contributed by atoms with Crippen molar-refractivity contribution in [3.63, 3.8) is 0 Å². The number of aromatic nitrogens is 2. The molecule has 150 valence electrons. The van der Waals surface area contributed by atoms with E-state index in [-0.39, 0.29) is 0 Å². The summed E-state index contributed by atoms with van der Waals surface area (Å²) in [5.74, 6) is 2.67. The second-order valence-electron chi connectivity index (χ2n) is 8.36. The van der Waals surface area contributed by atoms with E-state index in [4.69, 9.17) is 9.72 Å². The Hall–Kier alpha value is -2.69. The normalized spacial score (nSPS) is 18.8. The number of methoxy groups -OCH3 is 1. The molecule has 2 aromatic carbocycles. The van der Waals surface area contributed by atoms with Gasteiger partial charge < -0.3 is 9.64 Å². The van der Waals surface area contributed by atoms with Gasteiger partial charge in [0.05, 0.1) is 12.6 Å². The van der Waals surface area contributed by atoms with Gasteiger partial charge in [0.15, 0.2) is 11.5 Å². The van der Waals surface area contributed by atoms with E-state index in [9.17, 15) is 4.39 Å². The van der Waals surface area contributed by atoms with Gasteiger partial charge in [-0.1, -0.05) is 29.8 Å². The lowest BCUT2D eigenvalue weighted by atomic mass is 9.88. The molecule has 1 aromatic heterocycles. The number of piperidine rings is 1. The third-order valence-electron chi connectivity index (χ3n) is 6.29. The summed E-state index contributed by atoms with van der Waals surface area (Å²) in [6, 6.07) is 14.4. The molecule has 0 unspecified atom stereocenters. The average molecular weight is 391 g/mol. The molecule has 0 atom stereocenters. The molecule has 29 heavy (non-hydrogen) atoms. The summed E-state index contributed by atoms with van der Waals surface area (Å²) in [6.07, 6.45) is 3.10. The standard InChI is InChI=1S/C24H26FN3O/c1-16-7-8-20-19(15-16)22(27-23(26-20)24(25)11-12-24)28-13-9-17(10-14-28)18-5-3-4-6-21(18)29-2/h3-8,15,17H,9-14H2,1-2H3. The molecule has 0 amide bonds. The topological polar surface area (TPSA) is 38.2 Å². The Labute approximate surface area is 170 Å². The van der Waals surface area contributed by atoms with E-state index in [1.54, 1.807) is 7.11 Å². The van der Waals surface area contributed by atoms with Crippen molar-refractivity contribution in [2.75, 3.05) is 25.1 Å². The molecule has 0 bridgehead atoms. The smallest absolute Gasteiger partial charge is 0.170 e. The van der Waals surface area contributed by atoms with E-state index in [1.807, 2.05) is 24.3 Å². The van der Waals surface area contributed by atoms with Crippen LogP contribution in [0.15, 0.2) is 42.5 Å². The highest BCUT2D eigenvalue weighted by molar-refractivity contribution is 5.90. The highest BCUT2D eigenvalue weighted by atomic mass is 19.1. The van der Waals surface area contributed by atoms with Crippen LogP contribution in [0, 0.1) is 6.92 Å². The number of fused-ring (bicyclic) bond motifs is 1. The molecule has 5 rings (SSSR count). The molecular weight excluding hydrogens is 365 g/mol. The number of aryl methyl sites for hydroxylation is 1. The van der Waals surface area contributed by atoms with Gasteiger partial charge in [0.1, 0.15) is 11.6 Å². The maximum absolute atomic E-state index is 14.8. The first-order valence-electron chi connectivity index (χ1n) is 10.4. The van der Waals surface area contributed by atoms with E-state index in [2.05, 4.69) is 35.0 Å². The van der Waals surface area contributed by atoms with Crippen molar-refractivity contribution in [1.29, 1.82) is 0 Å². The molecule has 0 spiro atoms. The van der Waals surface area contributed by atoms with Gasteiger partial charge in [-0.25, -0.2) is 14.4 Å². The Kier molecular flexibility index (Phi) is 4.41. The van der Waals surface area contributed by atoms with E-state index >= 15 is 0 Å². The molecule has 2 fully saturated rings. The van der Waals surface area contributed by atoms with Crippen molar-refractivity contribution in [2.45, 2.75) is 44.2 Å². The first kappa shape index (κ1) is 18.3. The van der Waals surface area contributed by atoms with Gasteiger partial charge in [-0.2, -0.15) is 0 Å². The Bertz CT molecular complexity index is 1060. The third kappa shape index (κ3) is 3.33. The number of rotatable bonds is 4. The fourth-order valence-corrected chi connectivity index (χ4v) is 4.41. The molecule has 1 aliphatic carbocycles. The van der Waals surface area contributed by atoms with Crippen LogP contribution in [0.1, 0.15) is 48.6 Å². The number of hydrogen-bond donors (Lipinski definition) is 0. The highest BCUT2D eigenvalue weighted by Gasteiger charge is 2.48. The summed E-state index contributed by atoms with van der Waals surface area (Å²) in [6.45, 7) is 3.85. The van der Waals surface area contributed by atoms with Crippen molar-refractivity contribution in [2.24, 2.45) is 0 Å². The van der Waals surface area contributed by atoms with Crippen LogP contribution in [-0.2, 0) is 5.67 Å². The lowest BCUT2D eigenvalue weighted by Crippen LogP contribution is -2.34. The first-order chi connectivity index (χ1) is 14.1. The maximum atomic E-state index is 14.8. The molecule has 1 saturated heterocycles. The molecular formula is C24H26FN3O. The Morgan fingerprint density at radius 2 is 1.83 bits per heavy atom. The Morgan fingerprint density at radius 1 is 1.07 bits per heavy atom. The summed E-state index contributed by atoms with van der Waals surface area (Å²) in [5, 5.41) is 1.02. The Balaban J connectivity index is 1.46. The number of ether oxygens (including phenoxy) is 1. The monoisotopic (exact) mass is 391 g/mol. The van der Waals surface area contributed by atoms with Gasteiger partial charge >= 0.3 is 0 Å². The minimum Gasteiger partial charge on any atom is -0.496 e. The second kappa shape index (κ2) is 6.97. The number of hydrogen-bond acceptors (Lipinski definition) is 4. The van der Waals surface area contributed by atoms with Crippen LogP contribution in [0.5, 0.6) is 5.75 Å². The average Bonchev–Trinajstić information content (AvgIpc) is 3.51. The van der Waals surface area contributed by atoms with Crippen LogP contribution < -0.4 is 9.64 Å². The number of alkyl halides is 1. The molecule has 3 aromatic rings. The minimum atomic E-state index is -1.33. The molecule has 0 N–H and O–H groups in total. The van der Waals surface area contributed by atoms with Gasteiger partial charge in [0, 0.05) is 18.5 Å². The van der Waals surface area contributed by atoms with Crippen LogP contribution in [0.4, 0.5) is 10.2 Å². The summed E-state index contributed by atoms with van der Waals surface area (Å²) in [5.41, 5.74) is 1.95. The SMILES string of the molecule is COc1ccccc1C1CCN(c2nc(C3(F)CC3)nc3ccc(C)cc23)CC1. The summed E-state index contributed by atoms with van der Waals surface area (Å²) in [4.78, 5) is 11.6. The summed E-state index contributed by atoms with van der Waals surface area (Å²) < 4.78 is 20.4. The van der Waals surface area contributed by atoms with Crippen molar-refractivity contribution < 1.29 is 9.13 Å². The predicted octanol–water partition coefficient (Wildman–Crippen LogP) is 5.29. The van der Waals surface area contributed by atoms with Gasteiger partial charge in [-0.15, -0.1) is 0 Å². The largest absolute Gasteiger partial charge is 0.496 e. The molecule has 4 nitrogen and oxygen atoms in total. The third-order valence-corrected chi connectivity index (χ3v) is 6.29. The zero-order chi connectivity index (χ0) is 20.0. The first-order valence-corrected chi connectivity index (χ1v) is 10.4. The lowest BCUT2D eigenvalue weighted by molar-refractivity contribution is 0.301. The highest BCUT2D eigenvalue weighted by Crippen LogP contribution is 2.49. The fraction of sp³-hybridized carbons (Fsp3) is 0.417. The minimum absolute atomic E-state index is 0.357. The second-order valence-corrected chi connectivity index (χ2v) is 8.36. The molecule has 2 aliphatic rings. The van der Waals surface area contributed by atoms with Crippen molar-refractivity contribution in [3.05, 3.63) is 59.4 Å². The quantitative estimate of drug-likeness (QED) is 0.606.